The summed E-state index contributed by atoms with van der Waals surface area (Å²) in [6.45, 7) is 0. The second kappa shape index (κ2) is 5.58. The molecule has 0 aliphatic heterocycles. The molecule has 0 bridgehead atoms. The lowest BCUT2D eigenvalue weighted by Crippen LogP contribution is -2.24. The molecule has 20 heavy (non-hydrogen) atoms. The van der Waals surface area contributed by atoms with Crippen LogP contribution in [0.2, 0.25) is 5.02 Å². The number of nitrogens with zero attached hydrogens (tertiary/aromatic N) is 1. The molecule has 1 aliphatic carbocycles. The number of hydrogen-bond acceptors (Lipinski definition) is 4. The molecule has 0 atom stereocenters. The molecule has 1 aromatic heterocycles. The van der Waals surface area contributed by atoms with Crippen LogP contribution in [-0.2, 0) is 4.79 Å². The topological polar surface area (TPSA) is 68.0 Å². The lowest BCUT2D eigenvalue weighted by Gasteiger charge is -2.20. The fraction of sp³-hybridized carbons (Fsp3) is 0.429. The van der Waals surface area contributed by atoms with Crippen molar-refractivity contribution in [2.45, 2.75) is 32.1 Å². The number of thiazole rings is 1. The summed E-state index contributed by atoms with van der Waals surface area (Å²) in [5, 5.41) is 3.98. The van der Waals surface area contributed by atoms with E-state index in [4.69, 9.17) is 17.3 Å². The van der Waals surface area contributed by atoms with Crippen molar-refractivity contribution >= 4 is 49.9 Å². The number of anilines is 2. The van der Waals surface area contributed by atoms with E-state index in [0.717, 1.165) is 36.1 Å². The van der Waals surface area contributed by atoms with Crippen molar-refractivity contribution in [3.63, 3.8) is 0 Å². The average molecular weight is 310 g/mol. The Bertz CT molecular complexity index is 649. The van der Waals surface area contributed by atoms with Crippen LogP contribution in [-0.4, -0.2) is 10.9 Å². The number of amides is 1. The molecular weight excluding hydrogens is 294 g/mol. The normalized spacial score (nSPS) is 16.4. The number of nitrogens with two attached hydrogens (primary N) is 1. The molecule has 1 fully saturated rings. The van der Waals surface area contributed by atoms with Crippen molar-refractivity contribution in [1.29, 1.82) is 0 Å². The van der Waals surface area contributed by atoms with Crippen LogP contribution in [0, 0.1) is 5.92 Å². The van der Waals surface area contributed by atoms with Gasteiger partial charge in [0.2, 0.25) is 5.91 Å². The number of carbonyl (C=O) groups is 1. The standard InChI is InChI=1S/C14H16ClN3OS/c15-10-6-9(7-11-12(10)18-14(16)20-11)17-13(19)8-4-2-1-3-5-8/h6-8H,1-5H2,(H2,16,18)(H,17,19). The predicted molar refractivity (Wildman–Crippen MR) is 84.2 cm³/mol. The van der Waals surface area contributed by atoms with Crippen LogP contribution in [0.4, 0.5) is 10.8 Å². The van der Waals surface area contributed by atoms with Gasteiger partial charge in [0, 0.05) is 11.6 Å². The van der Waals surface area contributed by atoms with Crippen LogP contribution >= 0.6 is 22.9 Å². The van der Waals surface area contributed by atoms with Crippen LogP contribution in [0.5, 0.6) is 0 Å². The monoisotopic (exact) mass is 309 g/mol. The van der Waals surface area contributed by atoms with Gasteiger partial charge in [0.05, 0.1) is 9.72 Å². The number of rotatable bonds is 2. The highest BCUT2D eigenvalue weighted by Crippen LogP contribution is 2.33. The first-order valence-electron chi connectivity index (χ1n) is 6.80. The van der Waals surface area contributed by atoms with Crippen molar-refractivity contribution < 1.29 is 4.79 Å². The van der Waals surface area contributed by atoms with E-state index in [-0.39, 0.29) is 11.8 Å². The van der Waals surface area contributed by atoms with E-state index in [1.54, 1.807) is 6.07 Å². The number of aromatic nitrogens is 1. The molecule has 1 aliphatic rings. The van der Waals surface area contributed by atoms with Crippen molar-refractivity contribution in [2.24, 2.45) is 5.92 Å². The average Bonchev–Trinajstić information content (AvgIpc) is 2.81. The zero-order chi connectivity index (χ0) is 14.1. The fourth-order valence-electron chi connectivity index (χ4n) is 2.69. The quantitative estimate of drug-likeness (QED) is 0.879. The molecule has 0 unspecified atom stereocenters. The van der Waals surface area contributed by atoms with E-state index < -0.39 is 0 Å². The van der Waals surface area contributed by atoms with E-state index in [0.29, 0.717) is 15.7 Å². The third-order valence-corrected chi connectivity index (χ3v) is 4.83. The van der Waals surface area contributed by atoms with Gasteiger partial charge >= 0.3 is 0 Å². The summed E-state index contributed by atoms with van der Waals surface area (Å²) in [6, 6.07) is 3.62. The SMILES string of the molecule is Nc1nc2c(Cl)cc(NC(=O)C3CCCCC3)cc2s1. The lowest BCUT2D eigenvalue weighted by molar-refractivity contribution is -0.120. The van der Waals surface area contributed by atoms with Crippen molar-refractivity contribution in [3.8, 4) is 0 Å². The Balaban J connectivity index is 1.81. The number of fused-ring (bicyclic) bond motifs is 1. The summed E-state index contributed by atoms with van der Waals surface area (Å²) in [5.74, 6) is 0.224. The number of nitrogens with one attached hydrogen (secondary N) is 1. The zero-order valence-electron chi connectivity index (χ0n) is 11.0. The number of carbonyl (C=O) groups excluding carboxylic acids is 1. The Morgan fingerprint density at radius 2 is 2.10 bits per heavy atom. The molecule has 1 amide bonds. The highest BCUT2D eigenvalue weighted by molar-refractivity contribution is 7.22. The Labute approximate surface area is 126 Å². The van der Waals surface area contributed by atoms with Gasteiger partial charge in [-0.15, -0.1) is 0 Å². The third-order valence-electron chi connectivity index (χ3n) is 3.71. The smallest absolute Gasteiger partial charge is 0.227 e. The molecule has 3 N–H and O–H groups in total. The fourth-order valence-corrected chi connectivity index (χ4v) is 3.81. The highest BCUT2D eigenvalue weighted by Gasteiger charge is 2.21. The maximum Gasteiger partial charge on any atom is 0.227 e. The van der Waals surface area contributed by atoms with Gasteiger partial charge < -0.3 is 11.1 Å². The van der Waals surface area contributed by atoms with E-state index in [2.05, 4.69) is 10.3 Å². The van der Waals surface area contributed by atoms with Gasteiger partial charge in [-0.3, -0.25) is 4.79 Å². The van der Waals surface area contributed by atoms with Crippen LogP contribution < -0.4 is 11.1 Å². The Hall–Kier alpha value is -1.33. The van der Waals surface area contributed by atoms with E-state index in [9.17, 15) is 4.79 Å². The molecule has 1 heterocycles. The van der Waals surface area contributed by atoms with Crippen molar-refractivity contribution in [3.05, 3.63) is 17.2 Å². The molecule has 1 saturated carbocycles. The largest absolute Gasteiger partial charge is 0.375 e. The molecule has 106 valence electrons. The van der Waals surface area contributed by atoms with Crippen molar-refractivity contribution in [1.82, 2.24) is 4.98 Å². The van der Waals surface area contributed by atoms with Gasteiger partial charge in [-0.05, 0) is 25.0 Å². The summed E-state index contributed by atoms with van der Waals surface area (Å²) >= 11 is 7.56. The minimum Gasteiger partial charge on any atom is -0.375 e. The summed E-state index contributed by atoms with van der Waals surface area (Å²) in [4.78, 5) is 16.4. The van der Waals surface area contributed by atoms with E-state index in [1.807, 2.05) is 6.07 Å². The van der Waals surface area contributed by atoms with Gasteiger partial charge in [-0.25, -0.2) is 4.98 Å². The zero-order valence-corrected chi connectivity index (χ0v) is 12.6. The van der Waals surface area contributed by atoms with Gasteiger partial charge in [0.15, 0.2) is 5.13 Å². The molecule has 2 aromatic rings. The lowest BCUT2D eigenvalue weighted by atomic mass is 9.88. The first kappa shape index (κ1) is 13.6. The first-order chi connectivity index (χ1) is 9.63. The summed E-state index contributed by atoms with van der Waals surface area (Å²) in [5.41, 5.74) is 7.11. The Morgan fingerprint density at radius 1 is 1.35 bits per heavy atom. The first-order valence-corrected chi connectivity index (χ1v) is 7.99. The summed E-state index contributed by atoms with van der Waals surface area (Å²) < 4.78 is 0.897. The van der Waals surface area contributed by atoms with E-state index in [1.165, 1.54) is 17.8 Å². The van der Waals surface area contributed by atoms with Gasteiger partial charge in [0.1, 0.15) is 5.52 Å². The highest BCUT2D eigenvalue weighted by atomic mass is 35.5. The van der Waals surface area contributed by atoms with Gasteiger partial charge in [-0.2, -0.15) is 0 Å². The summed E-state index contributed by atoms with van der Waals surface area (Å²) in [7, 11) is 0. The van der Waals surface area contributed by atoms with Crippen LogP contribution in [0.3, 0.4) is 0 Å². The van der Waals surface area contributed by atoms with Crippen molar-refractivity contribution in [2.75, 3.05) is 11.1 Å². The predicted octanol–water partition coefficient (Wildman–Crippen LogP) is 4.05. The molecule has 0 spiro atoms. The van der Waals surface area contributed by atoms with Gasteiger partial charge in [0.25, 0.3) is 0 Å². The number of hydrogen-bond donors (Lipinski definition) is 2. The Kier molecular flexibility index (Phi) is 3.81. The van der Waals surface area contributed by atoms with Gasteiger partial charge in [-0.1, -0.05) is 42.2 Å². The molecule has 3 rings (SSSR count). The molecule has 0 saturated heterocycles. The number of halogens is 1. The van der Waals surface area contributed by atoms with E-state index >= 15 is 0 Å². The maximum atomic E-state index is 12.2. The second-order valence-corrected chi connectivity index (χ2v) is 6.65. The summed E-state index contributed by atoms with van der Waals surface area (Å²) in [6.07, 6.45) is 5.48. The number of benzene rings is 1. The molecule has 4 nitrogen and oxygen atoms in total. The van der Waals surface area contributed by atoms with Crippen LogP contribution in [0.1, 0.15) is 32.1 Å². The maximum absolute atomic E-state index is 12.2. The molecule has 6 heteroatoms. The minimum atomic E-state index is 0.0950. The third kappa shape index (κ3) is 2.74. The molecule has 1 aromatic carbocycles. The second-order valence-electron chi connectivity index (χ2n) is 5.18. The molecule has 0 radical (unpaired) electrons. The molecular formula is C14H16ClN3OS. The minimum absolute atomic E-state index is 0.0950. The van der Waals surface area contributed by atoms with Crippen LogP contribution in [0.25, 0.3) is 10.2 Å². The number of nitrogen functional groups attached to an aromatic ring is 1. The van der Waals surface area contributed by atoms with Crippen LogP contribution in [0.15, 0.2) is 12.1 Å². The Morgan fingerprint density at radius 3 is 2.85 bits per heavy atom.